The van der Waals surface area contributed by atoms with Crippen LogP contribution < -0.4 is 0 Å². The maximum atomic E-state index is 4.53. The zero-order valence-corrected chi connectivity index (χ0v) is 2.69. The molecule has 1 heteroatoms. The molecule has 0 aliphatic heterocycles. The van der Waals surface area contributed by atoms with Gasteiger partial charge in [0.1, 0.15) is 7.11 Å². The van der Waals surface area contributed by atoms with Gasteiger partial charge in [0.2, 0.25) is 0 Å². The maximum absolute atomic E-state index is 4.53. The highest BCUT2D eigenvalue weighted by Gasteiger charge is 1.53. The van der Waals surface area contributed by atoms with Crippen LogP contribution in [0.3, 0.4) is 0 Å². The summed E-state index contributed by atoms with van der Waals surface area (Å²) in [7, 11) is 4.53. The highest BCUT2D eigenvalue weighted by molar-refractivity contribution is 4.02. The van der Waals surface area contributed by atoms with Crippen molar-refractivity contribution in [2.75, 3.05) is 6.61 Å². The molecule has 0 aromatic rings. The lowest BCUT2D eigenvalue weighted by molar-refractivity contribution is 0.261. The fourth-order valence-corrected chi connectivity index (χ4v) is 0. The van der Waals surface area contributed by atoms with Crippen molar-refractivity contribution in [3.8, 4) is 0 Å². The third-order valence-corrected chi connectivity index (χ3v) is 0.167. The van der Waals surface area contributed by atoms with Crippen molar-refractivity contribution >= 4 is 0 Å². The fourth-order valence-electron chi connectivity index (χ4n) is 0. The van der Waals surface area contributed by atoms with Gasteiger partial charge in [-0.3, -0.25) is 0 Å². The standard InChI is InChI=1S/C3H6O/c1-3-4-2/h2H,3H2,1H3. The SMILES string of the molecule is [CH]OCC. The van der Waals surface area contributed by atoms with Crippen molar-refractivity contribution < 1.29 is 4.74 Å². The lowest BCUT2D eigenvalue weighted by Crippen LogP contribution is -1.69. The largest absolute Gasteiger partial charge is 0.373 e. The lowest BCUT2D eigenvalue weighted by Gasteiger charge is -1.74. The summed E-state index contributed by atoms with van der Waals surface area (Å²) in [6.07, 6.45) is 0. The molecular weight excluding hydrogens is 52.0 g/mol. The molecule has 0 bridgehead atoms. The van der Waals surface area contributed by atoms with Gasteiger partial charge in [-0.2, -0.15) is 0 Å². The van der Waals surface area contributed by atoms with Gasteiger partial charge in [-0.15, -0.1) is 0 Å². The Morgan fingerprint density at radius 2 is 2.25 bits per heavy atom. The van der Waals surface area contributed by atoms with Crippen molar-refractivity contribution in [3.63, 3.8) is 0 Å². The molecule has 0 spiro atoms. The zero-order chi connectivity index (χ0) is 3.41. The van der Waals surface area contributed by atoms with Gasteiger partial charge >= 0.3 is 0 Å². The Kier molecular flexibility index (Phi) is 2.93. The van der Waals surface area contributed by atoms with Crippen LogP contribution in [0.5, 0.6) is 0 Å². The van der Waals surface area contributed by atoms with Gasteiger partial charge in [-0.05, 0) is 6.92 Å². The smallest absolute Gasteiger partial charge is 0.115 e. The number of hydrogen-bond acceptors (Lipinski definition) is 1. The van der Waals surface area contributed by atoms with E-state index < -0.39 is 0 Å². The molecule has 0 aliphatic carbocycles. The molecule has 0 unspecified atom stereocenters. The van der Waals surface area contributed by atoms with E-state index in [2.05, 4.69) is 11.8 Å². The van der Waals surface area contributed by atoms with Gasteiger partial charge in [-0.25, -0.2) is 0 Å². The van der Waals surface area contributed by atoms with Crippen molar-refractivity contribution in [2.24, 2.45) is 0 Å². The van der Waals surface area contributed by atoms with E-state index in [0.29, 0.717) is 6.61 Å². The second-order valence-electron chi connectivity index (χ2n) is 0.455. The predicted molar refractivity (Wildman–Crippen MR) is 15.9 cm³/mol. The molecule has 0 fully saturated rings. The van der Waals surface area contributed by atoms with E-state index in [0.717, 1.165) is 0 Å². The maximum Gasteiger partial charge on any atom is 0.115 e. The Labute approximate surface area is 26.6 Å². The molecule has 0 aliphatic rings. The first-order valence-electron chi connectivity index (χ1n) is 1.23. The quantitative estimate of drug-likeness (QED) is 0.431. The van der Waals surface area contributed by atoms with Crippen molar-refractivity contribution in [2.45, 2.75) is 6.92 Å². The van der Waals surface area contributed by atoms with Crippen LogP contribution in [-0.4, -0.2) is 6.61 Å². The van der Waals surface area contributed by atoms with Gasteiger partial charge in [0.05, 0.1) is 0 Å². The van der Waals surface area contributed by atoms with Crippen LogP contribution in [0.25, 0.3) is 0 Å². The molecule has 0 aromatic carbocycles. The Morgan fingerprint density at radius 3 is 2.25 bits per heavy atom. The minimum absolute atomic E-state index is 0.597. The minimum Gasteiger partial charge on any atom is -0.373 e. The van der Waals surface area contributed by atoms with Crippen LogP contribution in [0.15, 0.2) is 0 Å². The topological polar surface area (TPSA) is 9.23 Å². The summed E-state index contributed by atoms with van der Waals surface area (Å²) in [6, 6.07) is 0. The van der Waals surface area contributed by atoms with E-state index in [1.807, 2.05) is 6.92 Å². The zero-order valence-electron chi connectivity index (χ0n) is 2.69. The normalized spacial score (nSPS) is 7.50. The number of ether oxygens (including phenoxy) is 1. The highest BCUT2D eigenvalue weighted by atomic mass is 16.5. The summed E-state index contributed by atoms with van der Waals surface area (Å²) in [5, 5.41) is 0. The van der Waals surface area contributed by atoms with E-state index in [1.54, 1.807) is 0 Å². The summed E-state index contributed by atoms with van der Waals surface area (Å²) >= 11 is 0. The Morgan fingerprint density at radius 1 is 2.00 bits per heavy atom. The molecule has 4 heavy (non-hydrogen) atoms. The summed E-state index contributed by atoms with van der Waals surface area (Å²) in [5.41, 5.74) is 0. The molecule has 24 valence electrons. The van der Waals surface area contributed by atoms with E-state index in [1.165, 1.54) is 0 Å². The summed E-state index contributed by atoms with van der Waals surface area (Å²) in [4.78, 5) is 0. The van der Waals surface area contributed by atoms with Crippen LogP contribution in [0.1, 0.15) is 6.92 Å². The second kappa shape index (κ2) is 2.96. The Balaban J connectivity index is 1.97. The molecule has 0 atom stereocenters. The Bertz CT molecular complexity index is 5.25. The third-order valence-electron chi connectivity index (χ3n) is 0.167. The molecule has 0 saturated carbocycles. The van der Waals surface area contributed by atoms with E-state index in [4.69, 9.17) is 0 Å². The van der Waals surface area contributed by atoms with Crippen LogP contribution >= 0.6 is 0 Å². The number of rotatable bonds is 1. The molecule has 1 nitrogen and oxygen atoms in total. The fraction of sp³-hybridized carbons (Fsp3) is 0.667. The molecular formula is C3H6O. The molecule has 0 aromatic heterocycles. The molecule has 0 rings (SSSR count). The predicted octanol–water partition coefficient (Wildman–Crippen LogP) is 0.691. The van der Waals surface area contributed by atoms with Gasteiger partial charge in [0.25, 0.3) is 0 Å². The van der Waals surface area contributed by atoms with Crippen molar-refractivity contribution in [1.82, 2.24) is 0 Å². The van der Waals surface area contributed by atoms with Gasteiger partial charge < -0.3 is 4.74 Å². The molecule has 0 amide bonds. The van der Waals surface area contributed by atoms with Crippen LogP contribution in [0.4, 0.5) is 0 Å². The van der Waals surface area contributed by atoms with Crippen LogP contribution in [0.2, 0.25) is 0 Å². The first-order chi connectivity index (χ1) is 1.91. The van der Waals surface area contributed by atoms with Crippen LogP contribution in [0, 0.1) is 7.11 Å². The minimum atomic E-state index is 0.597. The van der Waals surface area contributed by atoms with Gasteiger partial charge in [0, 0.05) is 6.61 Å². The first kappa shape index (κ1) is 3.96. The highest BCUT2D eigenvalue weighted by Crippen LogP contribution is 1.56. The van der Waals surface area contributed by atoms with E-state index in [-0.39, 0.29) is 0 Å². The van der Waals surface area contributed by atoms with E-state index >= 15 is 0 Å². The second-order valence-corrected chi connectivity index (χ2v) is 0.455. The summed E-state index contributed by atoms with van der Waals surface area (Å²) < 4.78 is 4.04. The molecule has 2 radical (unpaired) electrons. The van der Waals surface area contributed by atoms with Crippen LogP contribution in [-0.2, 0) is 4.74 Å². The van der Waals surface area contributed by atoms with Gasteiger partial charge in [-0.1, -0.05) is 0 Å². The first-order valence-corrected chi connectivity index (χ1v) is 1.23. The monoisotopic (exact) mass is 58.0 g/mol. The Hall–Kier alpha value is -0.0400. The summed E-state index contributed by atoms with van der Waals surface area (Å²) in [5.74, 6) is 0. The lowest BCUT2D eigenvalue weighted by atomic mass is 10.9. The van der Waals surface area contributed by atoms with Crippen molar-refractivity contribution in [3.05, 3.63) is 7.11 Å². The molecule has 0 saturated heterocycles. The average Bonchev–Trinajstić information content (AvgIpc) is 1.37. The third kappa shape index (κ3) is 1.96. The molecule has 0 heterocycles. The van der Waals surface area contributed by atoms with E-state index in [9.17, 15) is 0 Å². The summed E-state index contributed by atoms with van der Waals surface area (Å²) in [6.45, 7) is 2.43. The number of hydrogen-bond donors (Lipinski definition) is 0. The van der Waals surface area contributed by atoms with Gasteiger partial charge in [0.15, 0.2) is 0 Å². The average molecular weight is 58.1 g/mol. The van der Waals surface area contributed by atoms with Crippen molar-refractivity contribution in [1.29, 1.82) is 0 Å². The molecule has 0 N–H and O–H groups in total.